The molecule has 4 N–H and O–H groups in total. The summed E-state index contributed by atoms with van der Waals surface area (Å²) in [5.41, 5.74) is 3.54. The monoisotopic (exact) mass is 342 g/mol. The summed E-state index contributed by atoms with van der Waals surface area (Å²) in [5, 5.41) is 13.9. The van der Waals surface area contributed by atoms with Gasteiger partial charge < -0.3 is 10.7 Å². The quantitative estimate of drug-likeness (QED) is 0.440. The van der Waals surface area contributed by atoms with Gasteiger partial charge in [0.15, 0.2) is 0 Å². The third-order valence-electron chi connectivity index (χ3n) is 2.39. The zero-order valence-electron chi connectivity index (χ0n) is 9.72. The molecular weight excluding hydrogens is 332 g/mol. The van der Waals surface area contributed by atoms with Gasteiger partial charge >= 0.3 is 0 Å². The summed E-state index contributed by atoms with van der Waals surface area (Å²) in [6.45, 7) is 0.599. The molecule has 0 bridgehead atoms. The summed E-state index contributed by atoms with van der Waals surface area (Å²) in [5.74, 6) is 5.29. The molecule has 0 aliphatic rings. The van der Waals surface area contributed by atoms with E-state index in [1.54, 1.807) is 17.4 Å². The maximum Gasteiger partial charge on any atom is 0.273 e. The molecule has 2 rings (SSSR count). The Hall–Kier alpha value is -1.64. The third kappa shape index (κ3) is 3.66. The molecular formula is C11H11BrN4O2S. The standard InChI is InChI=1S/C11H11BrN4O2S/c12-11-2-1-10(19-11)6-14-7-3-8(15-13)5-9(4-7)16(17)18/h1-5,14-15H,6,13H2. The first kappa shape index (κ1) is 13.8. The molecule has 0 aliphatic carbocycles. The van der Waals surface area contributed by atoms with Crippen molar-refractivity contribution in [1.82, 2.24) is 0 Å². The minimum Gasteiger partial charge on any atom is -0.380 e. The number of benzene rings is 1. The molecule has 0 saturated carbocycles. The Kier molecular flexibility index (Phi) is 4.35. The summed E-state index contributed by atoms with van der Waals surface area (Å²) in [7, 11) is 0. The van der Waals surface area contributed by atoms with Crippen LogP contribution in [-0.2, 0) is 6.54 Å². The lowest BCUT2D eigenvalue weighted by Crippen LogP contribution is -2.08. The van der Waals surface area contributed by atoms with E-state index in [4.69, 9.17) is 5.84 Å². The molecule has 1 heterocycles. The van der Waals surface area contributed by atoms with Crippen LogP contribution in [0, 0.1) is 10.1 Å². The first-order chi connectivity index (χ1) is 9.08. The summed E-state index contributed by atoms with van der Waals surface area (Å²) in [6, 6.07) is 8.52. The number of nitro benzene ring substituents is 1. The minimum atomic E-state index is -0.451. The molecule has 100 valence electrons. The molecule has 8 heteroatoms. The first-order valence-corrected chi connectivity index (χ1v) is 6.93. The van der Waals surface area contributed by atoms with E-state index in [9.17, 15) is 10.1 Å². The molecule has 1 aromatic heterocycles. The van der Waals surface area contributed by atoms with E-state index in [0.29, 0.717) is 17.9 Å². The Balaban J connectivity index is 2.15. The number of nitrogens with one attached hydrogen (secondary N) is 2. The second-order valence-electron chi connectivity index (χ2n) is 3.73. The number of rotatable bonds is 5. The number of nitrogens with zero attached hydrogens (tertiary/aromatic N) is 1. The lowest BCUT2D eigenvalue weighted by molar-refractivity contribution is -0.384. The molecule has 0 unspecified atom stereocenters. The maximum absolute atomic E-state index is 10.8. The van der Waals surface area contributed by atoms with Gasteiger partial charge in [-0.1, -0.05) is 0 Å². The number of hydrogen-bond donors (Lipinski definition) is 3. The van der Waals surface area contributed by atoms with Crippen molar-refractivity contribution >= 4 is 44.3 Å². The lowest BCUT2D eigenvalue weighted by Gasteiger charge is -2.07. The van der Waals surface area contributed by atoms with Crippen molar-refractivity contribution in [2.75, 3.05) is 10.7 Å². The smallest absolute Gasteiger partial charge is 0.273 e. The van der Waals surface area contributed by atoms with E-state index in [0.717, 1.165) is 8.66 Å². The van der Waals surface area contributed by atoms with Crippen molar-refractivity contribution in [3.05, 3.63) is 49.1 Å². The Morgan fingerprint density at radius 2 is 2.05 bits per heavy atom. The highest BCUT2D eigenvalue weighted by Gasteiger charge is 2.09. The van der Waals surface area contributed by atoms with Crippen LogP contribution in [0.15, 0.2) is 34.1 Å². The molecule has 0 spiro atoms. The van der Waals surface area contributed by atoms with Crippen LogP contribution in [0.2, 0.25) is 0 Å². The summed E-state index contributed by atoms with van der Waals surface area (Å²) >= 11 is 4.99. The fraction of sp³-hybridized carbons (Fsp3) is 0.0909. The van der Waals surface area contributed by atoms with Crippen LogP contribution >= 0.6 is 27.3 Å². The minimum absolute atomic E-state index is 0.00897. The van der Waals surface area contributed by atoms with E-state index in [2.05, 4.69) is 26.7 Å². The van der Waals surface area contributed by atoms with Gasteiger partial charge in [-0.25, -0.2) is 0 Å². The Labute approximate surface area is 121 Å². The summed E-state index contributed by atoms with van der Waals surface area (Å²) in [6.07, 6.45) is 0. The first-order valence-electron chi connectivity index (χ1n) is 5.32. The van der Waals surface area contributed by atoms with Crippen molar-refractivity contribution in [2.24, 2.45) is 5.84 Å². The number of non-ortho nitro benzene ring substituents is 1. The maximum atomic E-state index is 10.8. The van der Waals surface area contributed by atoms with Gasteiger partial charge in [0.05, 0.1) is 14.4 Å². The highest BCUT2D eigenvalue weighted by molar-refractivity contribution is 9.11. The highest BCUT2D eigenvalue weighted by Crippen LogP contribution is 2.26. The fourth-order valence-corrected chi connectivity index (χ4v) is 2.96. The second-order valence-corrected chi connectivity index (χ2v) is 6.28. The van der Waals surface area contributed by atoms with Gasteiger partial charge in [0.1, 0.15) is 0 Å². The number of nitrogens with two attached hydrogens (primary N) is 1. The van der Waals surface area contributed by atoms with E-state index in [1.165, 1.54) is 12.1 Å². The van der Waals surface area contributed by atoms with Crippen LogP contribution in [0.1, 0.15) is 4.88 Å². The molecule has 0 aliphatic heterocycles. The molecule has 2 aromatic rings. The summed E-state index contributed by atoms with van der Waals surface area (Å²) in [4.78, 5) is 11.5. The average molecular weight is 343 g/mol. The average Bonchev–Trinajstić information content (AvgIpc) is 2.81. The lowest BCUT2D eigenvalue weighted by atomic mass is 10.2. The van der Waals surface area contributed by atoms with Crippen LogP contribution in [-0.4, -0.2) is 4.92 Å². The molecule has 1 aromatic carbocycles. The number of thiophene rings is 1. The van der Waals surface area contributed by atoms with Gasteiger partial charge in [-0.15, -0.1) is 11.3 Å². The van der Waals surface area contributed by atoms with Crippen LogP contribution in [0.25, 0.3) is 0 Å². The van der Waals surface area contributed by atoms with Gasteiger partial charge in [0.25, 0.3) is 5.69 Å². The highest BCUT2D eigenvalue weighted by atomic mass is 79.9. The second kappa shape index (κ2) is 6.00. The Bertz CT molecular complexity index is 602. The van der Waals surface area contributed by atoms with Gasteiger partial charge in [0, 0.05) is 29.2 Å². The van der Waals surface area contributed by atoms with Gasteiger partial charge in [-0.2, -0.15) is 0 Å². The van der Waals surface area contributed by atoms with Crippen molar-refractivity contribution in [3.8, 4) is 0 Å². The van der Waals surface area contributed by atoms with Crippen molar-refractivity contribution < 1.29 is 4.92 Å². The van der Waals surface area contributed by atoms with Gasteiger partial charge in [-0.05, 0) is 34.1 Å². The molecule has 0 atom stereocenters. The Morgan fingerprint density at radius 3 is 2.63 bits per heavy atom. The topological polar surface area (TPSA) is 93.2 Å². The molecule has 6 nitrogen and oxygen atoms in total. The van der Waals surface area contributed by atoms with Crippen LogP contribution in [0.4, 0.5) is 17.1 Å². The predicted octanol–water partition coefficient (Wildman–Crippen LogP) is 3.32. The van der Waals surface area contributed by atoms with E-state index in [-0.39, 0.29) is 5.69 Å². The molecule has 0 saturated heterocycles. The largest absolute Gasteiger partial charge is 0.380 e. The van der Waals surface area contributed by atoms with Crippen LogP contribution in [0.3, 0.4) is 0 Å². The number of hydrazine groups is 1. The number of hydrogen-bond acceptors (Lipinski definition) is 6. The van der Waals surface area contributed by atoms with E-state index >= 15 is 0 Å². The van der Waals surface area contributed by atoms with Gasteiger partial charge in [0.2, 0.25) is 0 Å². The fourth-order valence-electron chi connectivity index (χ4n) is 1.54. The number of nitrogen functional groups attached to an aromatic ring is 1. The third-order valence-corrected chi connectivity index (χ3v) is 4.01. The van der Waals surface area contributed by atoms with Crippen LogP contribution in [0.5, 0.6) is 0 Å². The number of anilines is 2. The molecule has 0 amide bonds. The number of nitro groups is 1. The molecule has 0 radical (unpaired) electrons. The van der Waals surface area contributed by atoms with Gasteiger partial charge in [-0.3, -0.25) is 16.0 Å². The van der Waals surface area contributed by atoms with E-state index < -0.39 is 4.92 Å². The molecule has 19 heavy (non-hydrogen) atoms. The van der Waals surface area contributed by atoms with Crippen molar-refractivity contribution in [3.63, 3.8) is 0 Å². The van der Waals surface area contributed by atoms with Crippen LogP contribution < -0.4 is 16.6 Å². The predicted molar refractivity (Wildman–Crippen MR) is 80.3 cm³/mol. The SMILES string of the molecule is NNc1cc(NCc2ccc(Br)s2)cc([N+](=O)[O-])c1. The zero-order chi connectivity index (χ0) is 13.8. The Morgan fingerprint density at radius 1 is 1.32 bits per heavy atom. The van der Waals surface area contributed by atoms with Crippen molar-refractivity contribution in [1.29, 1.82) is 0 Å². The van der Waals surface area contributed by atoms with Crippen molar-refractivity contribution in [2.45, 2.75) is 6.54 Å². The summed E-state index contributed by atoms with van der Waals surface area (Å²) < 4.78 is 1.05. The normalized spacial score (nSPS) is 10.2. The van der Waals surface area contributed by atoms with E-state index in [1.807, 2.05) is 12.1 Å². The zero-order valence-corrected chi connectivity index (χ0v) is 12.1. The number of halogens is 1. The molecule has 0 fully saturated rings.